The van der Waals surface area contributed by atoms with Crippen molar-refractivity contribution in [1.29, 1.82) is 0 Å². The number of halogens is 1. The van der Waals surface area contributed by atoms with Gasteiger partial charge < -0.3 is 11.1 Å². The molecule has 0 saturated heterocycles. The summed E-state index contributed by atoms with van der Waals surface area (Å²) in [4.78, 5) is 0. The predicted octanol–water partition coefficient (Wildman–Crippen LogP) is 3.01. The van der Waals surface area contributed by atoms with Gasteiger partial charge >= 0.3 is 0 Å². The van der Waals surface area contributed by atoms with Gasteiger partial charge in [0, 0.05) is 6.54 Å². The van der Waals surface area contributed by atoms with E-state index in [1.807, 2.05) is 19.9 Å². The van der Waals surface area contributed by atoms with E-state index >= 15 is 0 Å². The van der Waals surface area contributed by atoms with Crippen LogP contribution in [0.4, 0.5) is 10.8 Å². The number of nitrogens with zero attached hydrogens (tertiary/aromatic N) is 2. The molecule has 0 amide bonds. The minimum absolute atomic E-state index is 0.403. The smallest absolute Gasteiger partial charge is 0.210 e. The summed E-state index contributed by atoms with van der Waals surface area (Å²) in [7, 11) is 0. The van der Waals surface area contributed by atoms with Crippen molar-refractivity contribution in [2.45, 2.75) is 20.4 Å². The van der Waals surface area contributed by atoms with Crippen LogP contribution < -0.4 is 11.1 Å². The van der Waals surface area contributed by atoms with E-state index in [1.54, 1.807) is 0 Å². The zero-order valence-corrected chi connectivity index (χ0v) is 11.2. The van der Waals surface area contributed by atoms with Crippen LogP contribution in [0.2, 0.25) is 5.02 Å². The number of benzene rings is 1. The van der Waals surface area contributed by atoms with Crippen molar-refractivity contribution in [3.8, 4) is 0 Å². The van der Waals surface area contributed by atoms with Crippen molar-refractivity contribution in [2.75, 3.05) is 5.32 Å². The third kappa shape index (κ3) is 2.74. The summed E-state index contributed by atoms with van der Waals surface area (Å²) in [6.07, 6.45) is 0. The first kappa shape index (κ1) is 12.3. The second-order valence-corrected chi connectivity index (χ2v) is 5.24. The molecule has 0 spiro atoms. The summed E-state index contributed by atoms with van der Waals surface area (Å²) in [5.41, 5.74) is 8.58. The Morgan fingerprint density at radius 2 is 2.12 bits per heavy atom. The van der Waals surface area contributed by atoms with E-state index < -0.39 is 0 Å². The lowest BCUT2D eigenvalue weighted by Crippen LogP contribution is -1.94. The van der Waals surface area contributed by atoms with E-state index in [0.717, 1.165) is 21.8 Å². The number of aromatic nitrogens is 2. The van der Waals surface area contributed by atoms with Crippen LogP contribution in [0.1, 0.15) is 16.1 Å². The van der Waals surface area contributed by atoms with E-state index in [4.69, 9.17) is 17.3 Å². The Kier molecular flexibility index (Phi) is 3.61. The Balaban J connectivity index is 2.29. The van der Waals surface area contributed by atoms with Gasteiger partial charge in [0.1, 0.15) is 5.01 Å². The zero-order valence-electron chi connectivity index (χ0n) is 9.62. The Labute approximate surface area is 109 Å². The summed E-state index contributed by atoms with van der Waals surface area (Å²) in [6.45, 7) is 4.42. The van der Waals surface area contributed by atoms with Crippen LogP contribution >= 0.6 is 22.9 Å². The molecule has 0 aliphatic heterocycles. The van der Waals surface area contributed by atoms with Crippen molar-refractivity contribution in [3.63, 3.8) is 0 Å². The quantitative estimate of drug-likeness (QED) is 0.898. The molecular weight excluding hydrogens is 256 g/mol. The molecule has 0 aliphatic rings. The molecule has 2 rings (SSSR count). The van der Waals surface area contributed by atoms with E-state index in [9.17, 15) is 0 Å². The van der Waals surface area contributed by atoms with Crippen molar-refractivity contribution in [3.05, 3.63) is 33.3 Å². The summed E-state index contributed by atoms with van der Waals surface area (Å²) in [5.74, 6) is 0. The molecule has 17 heavy (non-hydrogen) atoms. The van der Waals surface area contributed by atoms with Gasteiger partial charge in [-0.2, -0.15) is 0 Å². The number of nitrogens with two attached hydrogens (primary N) is 1. The zero-order chi connectivity index (χ0) is 12.4. The van der Waals surface area contributed by atoms with Gasteiger partial charge in [0.05, 0.1) is 10.7 Å². The van der Waals surface area contributed by atoms with Crippen molar-refractivity contribution in [1.82, 2.24) is 10.2 Å². The van der Waals surface area contributed by atoms with Crippen LogP contribution in [0, 0.1) is 13.8 Å². The normalized spacial score (nSPS) is 10.6. The molecule has 90 valence electrons. The molecule has 6 heteroatoms. The van der Waals surface area contributed by atoms with Gasteiger partial charge in [-0.05, 0) is 31.0 Å². The Morgan fingerprint density at radius 1 is 1.35 bits per heavy atom. The van der Waals surface area contributed by atoms with E-state index in [0.29, 0.717) is 16.7 Å². The topological polar surface area (TPSA) is 63.8 Å². The van der Waals surface area contributed by atoms with Crippen LogP contribution in [-0.2, 0) is 6.54 Å². The molecule has 0 saturated carbocycles. The number of anilines is 2. The second kappa shape index (κ2) is 5.00. The first-order valence-electron chi connectivity index (χ1n) is 5.16. The van der Waals surface area contributed by atoms with Crippen LogP contribution in [0.15, 0.2) is 12.1 Å². The third-order valence-electron chi connectivity index (χ3n) is 2.31. The van der Waals surface area contributed by atoms with E-state index in [-0.39, 0.29) is 0 Å². The fraction of sp³-hybridized carbons (Fsp3) is 0.273. The first-order valence-corrected chi connectivity index (χ1v) is 6.36. The summed E-state index contributed by atoms with van der Waals surface area (Å²) >= 11 is 7.63. The molecule has 4 nitrogen and oxygen atoms in total. The standard InChI is InChI=1S/C11H13ClN4S/c1-6-3-7(2)10(8(12)4-6)14-11-16-15-9(5-13)17-11/h3-4H,5,13H2,1-2H3,(H,14,16). The maximum atomic E-state index is 6.19. The molecule has 0 bridgehead atoms. The van der Waals surface area contributed by atoms with Crippen molar-refractivity contribution in [2.24, 2.45) is 5.73 Å². The van der Waals surface area contributed by atoms with Crippen molar-refractivity contribution < 1.29 is 0 Å². The summed E-state index contributed by atoms with van der Waals surface area (Å²) < 4.78 is 0. The van der Waals surface area contributed by atoms with Crippen LogP contribution in [0.3, 0.4) is 0 Å². The molecule has 3 N–H and O–H groups in total. The number of hydrogen-bond acceptors (Lipinski definition) is 5. The van der Waals surface area contributed by atoms with Gasteiger partial charge in [0.25, 0.3) is 0 Å². The third-order valence-corrected chi connectivity index (χ3v) is 3.46. The van der Waals surface area contributed by atoms with Crippen molar-refractivity contribution >= 4 is 33.8 Å². The molecule has 0 fully saturated rings. The van der Waals surface area contributed by atoms with Crippen LogP contribution in [0.25, 0.3) is 0 Å². The number of aryl methyl sites for hydroxylation is 2. The average molecular weight is 269 g/mol. The molecule has 0 radical (unpaired) electrons. The SMILES string of the molecule is Cc1cc(C)c(Nc2nnc(CN)s2)c(Cl)c1. The molecular formula is C11H13ClN4S. The lowest BCUT2D eigenvalue weighted by molar-refractivity contribution is 0.960. The number of nitrogens with one attached hydrogen (secondary N) is 1. The predicted molar refractivity (Wildman–Crippen MR) is 72.0 cm³/mol. The molecule has 0 unspecified atom stereocenters. The van der Waals surface area contributed by atoms with E-state index in [1.165, 1.54) is 11.3 Å². The highest BCUT2D eigenvalue weighted by Crippen LogP contribution is 2.31. The number of rotatable bonds is 3. The minimum atomic E-state index is 0.403. The highest BCUT2D eigenvalue weighted by Gasteiger charge is 2.08. The second-order valence-electron chi connectivity index (χ2n) is 3.77. The minimum Gasteiger partial charge on any atom is -0.329 e. The van der Waals surface area contributed by atoms with Gasteiger partial charge in [-0.15, -0.1) is 10.2 Å². The number of hydrogen-bond donors (Lipinski definition) is 2. The van der Waals surface area contributed by atoms with Gasteiger partial charge in [-0.25, -0.2) is 0 Å². The van der Waals surface area contributed by atoms with Crippen LogP contribution in [-0.4, -0.2) is 10.2 Å². The maximum Gasteiger partial charge on any atom is 0.210 e. The molecule has 1 aromatic carbocycles. The molecule has 1 heterocycles. The Bertz CT molecular complexity index is 515. The summed E-state index contributed by atoms with van der Waals surface area (Å²) in [6, 6.07) is 3.99. The van der Waals surface area contributed by atoms with Crippen LogP contribution in [0.5, 0.6) is 0 Å². The average Bonchev–Trinajstić information content (AvgIpc) is 2.71. The molecule has 2 aromatic rings. The lowest BCUT2D eigenvalue weighted by atomic mass is 10.1. The maximum absolute atomic E-state index is 6.19. The molecule has 0 atom stereocenters. The Morgan fingerprint density at radius 3 is 2.71 bits per heavy atom. The summed E-state index contributed by atoms with van der Waals surface area (Å²) in [5, 5.41) is 13.3. The first-order chi connectivity index (χ1) is 8.10. The largest absolute Gasteiger partial charge is 0.329 e. The van der Waals surface area contributed by atoms with Gasteiger partial charge in [-0.1, -0.05) is 29.0 Å². The lowest BCUT2D eigenvalue weighted by Gasteiger charge is -2.09. The van der Waals surface area contributed by atoms with Gasteiger partial charge in [0.2, 0.25) is 5.13 Å². The van der Waals surface area contributed by atoms with Gasteiger partial charge in [0.15, 0.2) is 0 Å². The monoisotopic (exact) mass is 268 g/mol. The Hall–Kier alpha value is -1.17. The highest BCUT2D eigenvalue weighted by atomic mass is 35.5. The van der Waals surface area contributed by atoms with E-state index in [2.05, 4.69) is 21.6 Å². The molecule has 0 aliphatic carbocycles. The highest BCUT2D eigenvalue weighted by molar-refractivity contribution is 7.15. The van der Waals surface area contributed by atoms with Gasteiger partial charge in [-0.3, -0.25) is 0 Å². The fourth-order valence-electron chi connectivity index (χ4n) is 1.57. The molecule has 1 aromatic heterocycles. The fourth-order valence-corrected chi connectivity index (χ4v) is 2.56.